The van der Waals surface area contributed by atoms with E-state index in [0.717, 1.165) is 11.3 Å². The van der Waals surface area contributed by atoms with Crippen LogP contribution in [0.15, 0.2) is 76.5 Å². The fourth-order valence-electron chi connectivity index (χ4n) is 2.85. The molecule has 31 heavy (non-hydrogen) atoms. The van der Waals surface area contributed by atoms with Gasteiger partial charge in [0.2, 0.25) is 0 Å². The van der Waals surface area contributed by atoms with E-state index in [2.05, 4.69) is 10.2 Å². The van der Waals surface area contributed by atoms with Crippen LogP contribution in [-0.2, 0) is 6.54 Å². The van der Waals surface area contributed by atoms with Crippen LogP contribution in [0.25, 0.3) is 11.4 Å². The Morgan fingerprint density at radius 1 is 1.10 bits per heavy atom. The highest BCUT2D eigenvalue weighted by atomic mass is 35.5. The Kier molecular flexibility index (Phi) is 6.91. The van der Waals surface area contributed by atoms with E-state index >= 15 is 0 Å². The van der Waals surface area contributed by atoms with Crippen LogP contribution < -0.4 is 4.74 Å². The molecule has 4 rings (SSSR count). The molecule has 0 radical (unpaired) electrons. The molecule has 0 saturated heterocycles. The average Bonchev–Trinajstić information content (AvgIpc) is 3.43. The summed E-state index contributed by atoms with van der Waals surface area (Å²) in [5.74, 6) is 1.94. The zero-order valence-corrected chi connectivity index (χ0v) is 17.9. The summed E-state index contributed by atoms with van der Waals surface area (Å²) in [5.41, 5.74) is 0.871. The van der Waals surface area contributed by atoms with Gasteiger partial charge in [0, 0.05) is 16.3 Å². The van der Waals surface area contributed by atoms with Crippen molar-refractivity contribution in [1.82, 2.24) is 14.8 Å². The van der Waals surface area contributed by atoms with Gasteiger partial charge in [-0.3, -0.25) is 4.57 Å². The van der Waals surface area contributed by atoms with Gasteiger partial charge < -0.3 is 14.3 Å². The second kappa shape index (κ2) is 10.00. The summed E-state index contributed by atoms with van der Waals surface area (Å²) in [4.78, 5) is 0. The van der Waals surface area contributed by atoms with Crippen molar-refractivity contribution < 1.29 is 18.7 Å². The average molecular weight is 460 g/mol. The molecule has 160 valence electrons. The minimum Gasteiger partial charge on any atom is -0.491 e. The molecule has 0 spiro atoms. The lowest BCUT2D eigenvalue weighted by molar-refractivity contribution is 0.126. The van der Waals surface area contributed by atoms with Crippen molar-refractivity contribution in [3.8, 4) is 17.1 Å². The Hall–Kier alpha value is -2.81. The topological polar surface area (TPSA) is 73.3 Å². The summed E-state index contributed by atoms with van der Waals surface area (Å²) in [5, 5.41) is 20.2. The van der Waals surface area contributed by atoms with Crippen molar-refractivity contribution >= 4 is 23.4 Å². The van der Waals surface area contributed by atoms with Crippen molar-refractivity contribution in [2.45, 2.75) is 17.8 Å². The molecule has 1 atom stereocenters. The van der Waals surface area contributed by atoms with Crippen LogP contribution in [0, 0.1) is 5.82 Å². The van der Waals surface area contributed by atoms with Crippen LogP contribution >= 0.6 is 23.4 Å². The second-order valence-corrected chi connectivity index (χ2v) is 8.13. The lowest BCUT2D eigenvalue weighted by atomic mass is 10.2. The molecule has 0 amide bonds. The maximum atomic E-state index is 13.0. The third-order valence-corrected chi connectivity index (χ3v) is 5.74. The fourth-order valence-corrected chi connectivity index (χ4v) is 3.82. The lowest BCUT2D eigenvalue weighted by Gasteiger charge is -2.13. The molecule has 0 saturated carbocycles. The van der Waals surface area contributed by atoms with Crippen LogP contribution in [0.3, 0.4) is 0 Å². The highest BCUT2D eigenvalue weighted by Gasteiger charge is 2.17. The largest absolute Gasteiger partial charge is 0.491 e. The lowest BCUT2D eigenvalue weighted by Crippen LogP contribution is -2.20. The van der Waals surface area contributed by atoms with Gasteiger partial charge in [0.05, 0.1) is 18.9 Å². The van der Waals surface area contributed by atoms with Crippen molar-refractivity contribution in [1.29, 1.82) is 0 Å². The van der Waals surface area contributed by atoms with Gasteiger partial charge in [-0.25, -0.2) is 4.39 Å². The smallest absolute Gasteiger partial charge is 0.192 e. The van der Waals surface area contributed by atoms with Crippen LogP contribution in [-0.4, -0.2) is 38.3 Å². The molecule has 1 N–H and O–H groups in total. The quantitative estimate of drug-likeness (QED) is 0.358. The summed E-state index contributed by atoms with van der Waals surface area (Å²) >= 11 is 7.37. The normalized spacial score (nSPS) is 12.1. The first kappa shape index (κ1) is 21.4. The van der Waals surface area contributed by atoms with Crippen LogP contribution in [0.5, 0.6) is 5.75 Å². The van der Waals surface area contributed by atoms with Gasteiger partial charge in [0.1, 0.15) is 23.9 Å². The molecule has 1 unspecified atom stereocenters. The highest BCUT2D eigenvalue weighted by molar-refractivity contribution is 7.99. The van der Waals surface area contributed by atoms with E-state index in [1.54, 1.807) is 18.4 Å². The second-order valence-electron chi connectivity index (χ2n) is 6.71. The van der Waals surface area contributed by atoms with Gasteiger partial charge in [0.25, 0.3) is 0 Å². The number of aliphatic hydroxyl groups is 1. The Labute approximate surface area is 187 Å². The number of ether oxygens (including phenoxy) is 1. The molecule has 0 aliphatic rings. The molecule has 4 aromatic rings. The van der Waals surface area contributed by atoms with E-state index < -0.39 is 6.10 Å². The monoisotopic (exact) mass is 459 g/mol. The third kappa shape index (κ3) is 5.66. The number of aromatic nitrogens is 3. The number of furan rings is 1. The summed E-state index contributed by atoms with van der Waals surface area (Å²) < 4.78 is 25.9. The van der Waals surface area contributed by atoms with Gasteiger partial charge >= 0.3 is 0 Å². The molecule has 0 fully saturated rings. The zero-order valence-electron chi connectivity index (χ0n) is 16.3. The van der Waals surface area contributed by atoms with E-state index in [-0.39, 0.29) is 12.4 Å². The van der Waals surface area contributed by atoms with Gasteiger partial charge in [-0.2, -0.15) is 0 Å². The third-order valence-electron chi connectivity index (χ3n) is 4.37. The van der Waals surface area contributed by atoms with Crippen LogP contribution in [0.4, 0.5) is 4.39 Å². The van der Waals surface area contributed by atoms with Crippen molar-refractivity contribution in [3.05, 3.63) is 83.5 Å². The van der Waals surface area contributed by atoms with Gasteiger partial charge in [-0.1, -0.05) is 23.4 Å². The first-order chi connectivity index (χ1) is 15.1. The number of aliphatic hydroxyl groups excluding tert-OH is 1. The molecule has 2 heterocycles. The van der Waals surface area contributed by atoms with Gasteiger partial charge in [-0.05, 0) is 60.7 Å². The first-order valence-corrected chi connectivity index (χ1v) is 10.9. The predicted octanol–water partition coefficient (Wildman–Crippen LogP) is 4.91. The molecule has 0 bridgehead atoms. The number of rotatable bonds is 9. The number of nitrogens with zero attached hydrogens (tertiary/aromatic N) is 3. The maximum Gasteiger partial charge on any atom is 0.192 e. The first-order valence-electron chi connectivity index (χ1n) is 9.49. The molecular formula is C22H19ClFN3O3S. The fraction of sp³-hybridized carbons (Fsp3) is 0.182. The summed E-state index contributed by atoms with van der Waals surface area (Å²) in [6, 6.07) is 16.7. The van der Waals surface area contributed by atoms with E-state index in [9.17, 15) is 9.50 Å². The number of hydrogen-bond acceptors (Lipinski definition) is 6. The minimum atomic E-state index is -0.747. The molecule has 0 aliphatic heterocycles. The Balaban J connectivity index is 1.45. The van der Waals surface area contributed by atoms with Crippen molar-refractivity contribution in [2.24, 2.45) is 0 Å². The molecule has 2 aromatic carbocycles. The van der Waals surface area contributed by atoms with Crippen LogP contribution in [0.2, 0.25) is 5.02 Å². The molecule has 6 nitrogen and oxygen atoms in total. The summed E-state index contributed by atoms with van der Waals surface area (Å²) in [6.45, 7) is 0.525. The van der Waals surface area contributed by atoms with Crippen molar-refractivity contribution in [2.75, 3.05) is 12.4 Å². The van der Waals surface area contributed by atoms with E-state index in [0.29, 0.717) is 34.1 Å². The number of benzene rings is 2. The SMILES string of the molecule is OC(COc1ccc(F)cc1)CSc1nnc(-c2ccc(Cl)cc2)n1Cc1ccco1. The number of halogens is 2. The molecule has 0 aliphatic carbocycles. The number of hydrogen-bond donors (Lipinski definition) is 1. The Morgan fingerprint density at radius 3 is 2.58 bits per heavy atom. The van der Waals surface area contributed by atoms with E-state index in [1.807, 2.05) is 28.8 Å². The van der Waals surface area contributed by atoms with Gasteiger partial charge in [0.15, 0.2) is 11.0 Å². The molecular weight excluding hydrogens is 441 g/mol. The number of thioether (sulfide) groups is 1. The summed E-state index contributed by atoms with van der Waals surface area (Å²) in [6.07, 6.45) is 0.869. The van der Waals surface area contributed by atoms with Gasteiger partial charge in [-0.15, -0.1) is 10.2 Å². The van der Waals surface area contributed by atoms with E-state index in [4.69, 9.17) is 20.8 Å². The predicted molar refractivity (Wildman–Crippen MR) is 117 cm³/mol. The van der Waals surface area contributed by atoms with Crippen molar-refractivity contribution in [3.63, 3.8) is 0 Å². The molecule has 9 heteroatoms. The Bertz CT molecular complexity index is 1100. The zero-order chi connectivity index (χ0) is 21.6. The summed E-state index contributed by atoms with van der Waals surface area (Å²) in [7, 11) is 0. The highest BCUT2D eigenvalue weighted by Crippen LogP contribution is 2.27. The Morgan fingerprint density at radius 2 is 1.87 bits per heavy atom. The molecule has 2 aromatic heterocycles. The van der Waals surface area contributed by atoms with E-state index in [1.165, 1.54) is 36.0 Å². The van der Waals surface area contributed by atoms with Crippen LogP contribution in [0.1, 0.15) is 5.76 Å². The minimum absolute atomic E-state index is 0.0784. The standard InChI is InChI=1S/C22H19ClFN3O3S/c23-16-5-3-15(4-6-16)21-25-26-22(27(21)12-20-2-1-11-29-20)31-14-18(28)13-30-19-9-7-17(24)8-10-19/h1-11,18,28H,12-14H2. The maximum absolute atomic E-state index is 13.0.